The molecule has 0 saturated carbocycles. The van der Waals surface area contributed by atoms with Crippen LogP contribution >= 0.6 is 21.6 Å². The molecule has 3 N–H and O–H groups in total. The maximum absolute atomic E-state index is 11.5. The lowest BCUT2D eigenvalue weighted by atomic mass is 10.2. The molecule has 1 atom stereocenters. The molecule has 0 rings (SSSR count). The van der Waals surface area contributed by atoms with Gasteiger partial charge in [0.25, 0.3) is 0 Å². The fourth-order valence-corrected chi connectivity index (χ4v) is 3.06. The van der Waals surface area contributed by atoms with Gasteiger partial charge in [0.05, 0.1) is 12.5 Å². The molecule has 0 fully saturated rings. The highest BCUT2D eigenvalue weighted by Crippen LogP contribution is 2.21. The summed E-state index contributed by atoms with van der Waals surface area (Å²) < 4.78 is 5.17. The third-order valence-corrected chi connectivity index (χ3v) is 4.41. The third kappa shape index (κ3) is 11.1. The molecule has 0 aromatic heterocycles. The van der Waals surface area contributed by atoms with Crippen molar-refractivity contribution in [2.45, 2.75) is 45.8 Å². The molecule has 1 amide bonds. The van der Waals surface area contributed by atoms with Gasteiger partial charge in [-0.1, -0.05) is 28.5 Å². The molecule has 0 aliphatic carbocycles. The maximum Gasteiger partial charge on any atom is 0.307 e. The van der Waals surface area contributed by atoms with Gasteiger partial charge in [-0.15, -0.1) is 0 Å². The van der Waals surface area contributed by atoms with Gasteiger partial charge in [0.2, 0.25) is 5.91 Å². The van der Waals surface area contributed by atoms with Crippen LogP contribution in [0.15, 0.2) is 0 Å². The number of rotatable bonds is 9. The Morgan fingerprint density at radius 1 is 1.32 bits per heavy atom. The average molecular weight is 308 g/mol. The second-order valence-electron chi connectivity index (χ2n) is 4.94. The highest BCUT2D eigenvalue weighted by Gasteiger charge is 2.18. The minimum Gasteiger partial charge on any atom is -0.460 e. The van der Waals surface area contributed by atoms with Gasteiger partial charge in [0.1, 0.15) is 5.60 Å². The van der Waals surface area contributed by atoms with Crippen molar-refractivity contribution in [3.8, 4) is 0 Å². The summed E-state index contributed by atoms with van der Waals surface area (Å²) in [5, 5.41) is 2.99. The molecule has 0 aliphatic rings. The highest BCUT2D eigenvalue weighted by molar-refractivity contribution is 8.76. The predicted octanol–water partition coefficient (Wildman–Crippen LogP) is 1.56. The average Bonchev–Trinajstić information content (AvgIpc) is 2.24. The summed E-state index contributed by atoms with van der Waals surface area (Å²) in [4.78, 5) is 22.7. The van der Waals surface area contributed by atoms with Crippen LogP contribution in [-0.4, -0.2) is 41.6 Å². The van der Waals surface area contributed by atoms with E-state index in [1.54, 1.807) is 21.6 Å². The molecule has 0 aromatic rings. The maximum atomic E-state index is 11.5. The molecule has 0 aromatic carbocycles. The molecule has 112 valence electrons. The second-order valence-corrected chi connectivity index (χ2v) is 7.73. The van der Waals surface area contributed by atoms with Gasteiger partial charge >= 0.3 is 5.97 Å². The van der Waals surface area contributed by atoms with Gasteiger partial charge in [-0.2, -0.15) is 0 Å². The van der Waals surface area contributed by atoms with Gasteiger partial charge in [-0.05, 0) is 20.8 Å². The Hall–Kier alpha value is -0.400. The van der Waals surface area contributed by atoms with Crippen molar-refractivity contribution in [2.24, 2.45) is 5.73 Å². The normalized spacial score (nSPS) is 13.1. The summed E-state index contributed by atoms with van der Waals surface area (Å²) in [6.45, 7) is 7.90. The van der Waals surface area contributed by atoms with E-state index in [0.29, 0.717) is 12.3 Å². The summed E-state index contributed by atoms with van der Waals surface area (Å²) in [5.74, 6) is 0.906. The van der Waals surface area contributed by atoms with Crippen LogP contribution in [0.4, 0.5) is 0 Å². The Morgan fingerprint density at radius 2 is 1.95 bits per heavy atom. The molecule has 0 unspecified atom stereocenters. The summed E-state index contributed by atoms with van der Waals surface area (Å²) >= 11 is 0. The lowest BCUT2D eigenvalue weighted by molar-refractivity contribution is -0.154. The van der Waals surface area contributed by atoms with E-state index in [9.17, 15) is 9.59 Å². The van der Waals surface area contributed by atoms with E-state index in [-0.39, 0.29) is 12.4 Å². The molecular weight excluding hydrogens is 284 g/mol. The predicted molar refractivity (Wildman–Crippen MR) is 82.0 cm³/mol. The number of primary amides is 1. The van der Waals surface area contributed by atoms with Crippen molar-refractivity contribution in [2.75, 3.05) is 18.1 Å². The zero-order valence-corrected chi connectivity index (χ0v) is 13.7. The molecule has 0 saturated heterocycles. The molecule has 5 nitrogen and oxygen atoms in total. The van der Waals surface area contributed by atoms with Crippen LogP contribution in [0.25, 0.3) is 0 Å². The van der Waals surface area contributed by atoms with E-state index < -0.39 is 17.6 Å². The molecule has 7 heteroatoms. The Bertz CT molecular complexity index is 293. The number of ether oxygens (including phenoxy) is 1. The van der Waals surface area contributed by atoms with E-state index >= 15 is 0 Å². The van der Waals surface area contributed by atoms with E-state index in [0.717, 1.165) is 5.75 Å². The number of amides is 1. The van der Waals surface area contributed by atoms with Crippen molar-refractivity contribution >= 4 is 33.5 Å². The van der Waals surface area contributed by atoms with Crippen LogP contribution in [-0.2, 0) is 14.3 Å². The van der Waals surface area contributed by atoms with E-state index in [1.807, 2.05) is 27.7 Å². The van der Waals surface area contributed by atoms with E-state index in [1.165, 1.54) is 0 Å². The van der Waals surface area contributed by atoms with Gasteiger partial charge in [0.15, 0.2) is 0 Å². The fourth-order valence-electron chi connectivity index (χ4n) is 1.18. The molecule has 0 aliphatic heterocycles. The van der Waals surface area contributed by atoms with Crippen LogP contribution < -0.4 is 11.1 Å². The lowest BCUT2D eigenvalue weighted by Gasteiger charge is -2.20. The van der Waals surface area contributed by atoms with Crippen LogP contribution in [0, 0.1) is 0 Å². The van der Waals surface area contributed by atoms with Crippen molar-refractivity contribution in [1.29, 1.82) is 0 Å². The largest absolute Gasteiger partial charge is 0.460 e. The number of carbonyl (C=O) groups excluding carboxylic acids is 2. The van der Waals surface area contributed by atoms with Crippen molar-refractivity contribution in [1.82, 2.24) is 5.32 Å². The lowest BCUT2D eigenvalue weighted by Crippen LogP contribution is -2.44. The van der Waals surface area contributed by atoms with E-state index in [4.69, 9.17) is 10.5 Å². The van der Waals surface area contributed by atoms with Gasteiger partial charge < -0.3 is 15.8 Å². The fraction of sp³-hybridized carbons (Fsp3) is 0.833. The number of esters is 1. The zero-order chi connectivity index (χ0) is 14.9. The quantitative estimate of drug-likeness (QED) is 0.382. The Morgan fingerprint density at radius 3 is 2.42 bits per heavy atom. The van der Waals surface area contributed by atoms with Crippen molar-refractivity contribution < 1.29 is 14.3 Å². The van der Waals surface area contributed by atoms with Gasteiger partial charge in [-0.3, -0.25) is 9.59 Å². The zero-order valence-electron chi connectivity index (χ0n) is 12.0. The smallest absolute Gasteiger partial charge is 0.307 e. The van der Waals surface area contributed by atoms with Crippen LogP contribution in [0.5, 0.6) is 0 Å². The first-order chi connectivity index (χ1) is 8.76. The molecule has 0 spiro atoms. The van der Waals surface area contributed by atoms with Crippen molar-refractivity contribution in [3.63, 3.8) is 0 Å². The van der Waals surface area contributed by atoms with Crippen LogP contribution in [0.2, 0.25) is 0 Å². The molecule has 0 radical (unpaired) electrons. The SMILES string of the molecule is CCSSC[C@H](NCCC(=O)OC(C)(C)C)C(N)=O. The Balaban J connectivity index is 3.92. The first kappa shape index (κ1) is 18.6. The van der Waals surface area contributed by atoms with E-state index in [2.05, 4.69) is 5.32 Å². The Labute approximate surface area is 123 Å². The summed E-state index contributed by atoms with van der Waals surface area (Å²) in [7, 11) is 3.27. The molecule has 19 heavy (non-hydrogen) atoms. The summed E-state index contributed by atoms with van der Waals surface area (Å²) in [5.41, 5.74) is 4.82. The first-order valence-electron chi connectivity index (χ1n) is 6.25. The number of hydrogen-bond acceptors (Lipinski definition) is 6. The van der Waals surface area contributed by atoms with Crippen LogP contribution in [0.3, 0.4) is 0 Å². The number of carbonyl (C=O) groups is 2. The summed E-state index contributed by atoms with van der Waals surface area (Å²) in [6, 6.07) is -0.411. The van der Waals surface area contributed by atoms with Gasteiger partial charge in [0, 0.05) is 18.1 Å². The second kappa shape index (κ2) is 9.50. The number of hydrogen-bond donors (Lipinski definition) is 2. The minimum atomic E-state index is -0.478. The third-order valence-electron chi connectivity index (χ3n) is 1.92. The van der Waals surface area contributed by atoms with Crippen molar-refractivity contribution in [3.05, 3.63) is 0 Å². The summed E-state index contributed by atoms with van der Waals surface area (Å²) in [6.07, 6.45) is 0.229. The monoisotopic (exact) mass is 308 g/mol. The number of nitrogens with one attached hydrogen (secondary N) is 1. The molecule has 0 bridgehead atoms. The molecular formula is C12H24N2O3S2. The standard InChI is InChI=1S/C12H24N2O3S2/c1-5-18-19-8-9(11(13)16)14-7-6-10(15)17-12(2,3)4/h9,14H,5-8H2,1-4H3,(H2,13,16)/t9-/m0/s1. The van der Waals surface area contributed by atoms with Crippen LogP contribution in [0.1, 0.15) is 34.1 Å². The minimum absolute atomic E-state index is 0.229. The van der Waals surface area contributed by atoms with Gasteiger partial charge in [-0.25, -0.2) is 0 Å². The topological polar surface area (TPSA) is 81.4 Å². The molecule has 0 heterocycles. The highest BCUT2D eigenvalue weighted by atomic mass is 33.1. The Kier molecular flexibility index (Phi) is 9.30. The number of nitrogens with two attached hydrogens (primary N) is 1. The first-order valence-corrected chi connectivity index (χ1v) is 8.74.